The summed E-state index contributed by atoms with van der Waals surface area (Å²) in [4.78, 5) is 4.40. The number of nitrogens with one attached hydrogen (secondary N) is 1. The molecule has 3 nitrogen and oxygen atoms in total. The molecule has 1 N–H and O–H groups in total. The van der Waals surface area contributed by atoms with Crippen LogP contribution in [0.2, 0.25) is 6.04 Å². The highest BCUT2D eigenvalue weighted by molar-refractivity contribution is 7.21. The molecule has 0 atom stereocenters. The van der Waals surface area contributed by atoms with Crippen molar-refractivity contribution < 1.29 is 4.43 Å². The molecule has 2 heterocycles. The second-order valence-electron chi connectivity index (χ2n) is 4.68. The molecule has 3 rings (SSSR count). The SMILES string of the molecule is CNCC[Si](Oc1ccnc2ccccc12)c1cccs1. The van der Waals surface area contributed by atoms with Crippen LogP contribution < -0.4 is 14.2 Å². The van der Waals surface area contributed by atoms with Crippen molar-refractivity contribution in [2.75, 3.05) is 13.6 Å². The number of thiophene rings is 1. The second-order valence-corrected chi connectivity index (χ2v) is 8.08. The van der Waals surface area contributed by atoms with E-state index in [1.54, 1.807) is 11.3 Å². The summed E-state index contributed by atoms with van der Waals surface area (Å²) in [7, 11) is 0.926. The Hall–Kier alpha value is -1.69. The van der Waals surface area contributed by atoms with E-state index in [2.05, 4.69) is 33.9 Å². The number of benzene rings is 1. The van der Waals surface area contributed by atoms with Crippen LogP contribution in [0.5, 0.6) is 5.75 Å². The fourth-order valence-electron chi connectivity index (χ4n) is 2.19. The van der Waals surface area contributed by atoms with Gasteiger partial charge >= 0.3 is 9.04 Å². The van der Waals surface area contributed by atoms with Crippen molar-refractivity contribution in [2.45, 2.75) is 6.04 Å². The van der Waals surface area contributed by atoms with Gasteiger partial charge in [0.1, 0.15) is 5.75 Å². The molecule has 21 heavy (non-hydrogen) atoms. The third kappa shape index (κ3) is 3.32. The van der Waals surface area contributed by atoms with Crippen molar-refractivity contribution in [1.29, 1.82) is 0 Å². The topological polar surface area (TPSA) is 34.1 Å². The highest BCUT2D eigenvalue weighted by Gasteiger charge is 2.20. The van der Waals surface area contributed by atoms with Gasteiger partial charge in [-0.25, -0.2) is 0 Å². The van der Waals surface area contributed by atoms with E-state index in [4.69, 9.17) is 4.43 Å². The molecule has 0 amide bonds. The fourth-order valence-corrected chi connectivity index (χ4v) is 5.47. The van der Waals surface area contributed by atoms with Crippen LogP contribution in [0.15, 0.2) is 54.0 Å². The van der Waals surface area contributed by atoms with E-state index >= 15 is 0 Å². The first kappa shape index (κ1) is 14.3. The molecule has 0 unspecified atom stereocenters. The lowest BCUT2D eigenvalue weighted by Crippen LogP contribution is -2.36. The molecule has 0 saturated carbocycles. The summed E-state index contributed by atoms with van der Waals surface area (Å²) in [6.45, 7) is 0.967. The van der Waals surface area contributed by atoms with Gasteiger partial charge in [0.15, 0.2) is 0 Å². The summed E-state index contributed by atoms with van der Waals surface area (Å²) in [5.41, 5.74) is 0.983. The van der Waals surface area contributed by atoms with Crippen molar-refractivity contribution in [3.63, 3.8) is 0 Å². The first-order chi connectivity index (χ1) is 10.4. The zero-order valence-electron chi connectivity index (χ0n) is 11.9. The smallest absolute Gasteiger partial charge is 0.328 e. The quantitative estimate of drug-likeness (QED) is 0.711. The van der Waals surface area contributed by atoms with Crippen LogP contribution in [0.1, 0.15) is 0 Å². The number of hydrogen-bond acceptors (Lipinski definition) is 4. The van der Waals surface area contributed by atoms with Gasteiger partial charge in [-0.2, -0.15) is 0 Å². The van der Waals surface area contributed by atoms with Gasteiger partial charge in [-0.15, -0.1) is 11.3 Å². The van der Waals surface area contributed by atoms with E-state index in [1.165, 1.54) is 4.50 Å². The fraction of sp³-hybridized carbons (Fsp3) is 0.188. The molecule has 0 aliphatic heterocycles. The molecule has 107 valence electrons. The average Bonchev–Trinajstić information content (AvgIpc) is 3.06. The van der Waals surface area contributed by atoms with Crippen LogP contribution in [0.3, 0.4) is 0 Å². The van der Waals surface area contributed by atoms with Crippen LogP contribution in [-0.4, -0.2) is 27.6 Å². The zero-order chi connectivity index (χ0) is 14.5. The number of hydrogen-bond donors (Lipinski definition) is 1. The molecule has 1 aromatic carbocycles. The van der Waals surface area contributed by atoms with Gasteiger partial charge < -0.3 is 9.74 Å². The number of para-hydroxylation sites is 1. The maximum absolute atomic E-state index is 6.41. The standard InChI is InChI=1S/C16H17N2OSSi/c1-17-10-12-21(16-7-4-11-20-16)19-15-8-9-18-14-6-3-2-5-13(14)15/h2-9,11,17H,10,12H2,1H3. The van der Waals surface area contributed by atoms with E-state index < -0.39 is 9.04 Å². The molecular formula is C16H17N2OSSi. The summed E-state index contributed by atoms with van der Waals surface area (Å²) in [6.07, 6.45) is 1.82. The Morgan fingerprint density at radius 3 is 2.90 bits per heavy atom. The maximum atomic E-state index is 6.41. The largest absolute Gasteiger partial charge is 0.536 e. The summed E-state index contributed by atoms with van der Waals surface area (Å²) in [5, 5.41) is 6.43. The van der Waals surface area contributed by atoms with Crippen molar-refractivity contribution >= 4 is 35.8 Å². The lowest BCUT2D eigenvalue weighted by atomic mass is 10.2. The monoisotopic (exact) mass is 313 g/mol. The first-order valence-electron chi connectivity index (χ1n) is 6.94. The van der Waals surface area contributed by atoms with Gasteiger partial charge in [0.25, 0.3) is 0 Å². The molecule has 5 heteroatoms. The molecule has 0 fully saturated rings. The van der Waals surface area contributed by atoms with Crippen molar-refractivity contribution in [3.8, 4) is 5.75 Å². The number of fused-ring (bicyclic) bond motifs is 1. The Morgan fingerprint density at radius 1 is 1.19 bits per heavy atom. The summed E-state index contributed by atoms with van der Waals surface area (Å²) in [5.74, 6) is 0.944. The van der Waals surface area contributed by atoms with Gasteiger partial charge in [0.05, 0.1) is 5.52 Å². The molecule has 0 aliphatic rings. The number of nitrogens with zero attached hydrogens (tertiary/aromatic N) is 1. The number of aromatic nitrogens is 1. The third-order valence-corrected chi connectivity index (χ3v) is 6.85. The van der Waals surface area contributed by atoms with Crippen molar-refractivity contribution in [1.82, 2.24) is 10.3 Å². The van der Waals surface area contributed by atoms with Crippen molar-refractivity contribution in [3.05, 3.63) is 54.0 Å². The van der Waals surface area contributed by atoms with Gasteiger partial charge in [-0.3, -0.25) is 4.98 Å². The van der Waals surface area contributed by atoms with Gasteiger partial charge in [-0.05, 0) is 49.3 Å². The van der Waals surface area contributed by atoms with E-state index in [1.807, 2.05) is 37.5 Å². The Balaban J connectivity index is 1.90. The number of rotatable bonds is 6. The minimum absolute atomic E-state index is 0.944. The predicted molar refractivity (Wildman–Crippen MR) is 90.8 cm³/mol. The van der Waals surface area contributed by atoms with E-state index in [0.29, 0.717) is 0 Å². The van der Waals surface area contributed by atoms with E-state index in [9.17, 15) is 0 Å². The average molecular weight is 313 g/mol. The third-order valence-electron chi connectivity index (χ3n) is 3.24. The molecule has 0 saturated heterocycles. The molecule has 2 aromatic heterocycles. The van der Waals surface area contributed by atoms with Crippen LogP contribution in [0.4, 0.5) is 0 Å². The van der Waals surface area contributed by atoms with E-state index in [0.717, 1.165) is 29.2 Å². The molecule has 3 aromatic rings. The molecular weight excluding hydrogens is 296 g/mol. The Kier molecular flexibility index (Phi) is 4.64. The van der Waals surface area contributed by atoms with Crippen LogP contribution in [0.25, 0.3) is 10.9 Å². The predicted octanol–water partition coefficient (Wildman–Crippen LogP) is 2.79. The Morgan fingerprint density at radius 2 is 2.10 bits per heavy atom. The molecule has 1 radical (unpaired) electrons. The normalized spacial score (nSPS) is 11.1. The van der Waals surface area contributed by atoms with Gasteiger partial charge in [0, 0.05) is 16.1 Å². The zero-order valence-corrected chi connectivity index (χ0v) is 13.7. The summed E-state index contributed by atoms with van der Waals surface area (Å²) >= 11 is 1.78. The van der Waals surface area contributed by atoms with E-state index in [-0.39, 0.29) is 0 Å². The summed E-state index contributed by atoms with van der Waals surface area (Å²) < 4.78 is 7.76. The van der Waals surface area contributed by atoms with Gasteiger partial charge in [0.2, 0.25) is 0 Å². The molecule has 0 aliphatic carbocycles. The lowest BCUT2D eigenvalue weighted by molar-refractivity contribution is 0.581. The minimum atomic E-state index is -1.06. The highest BCUT2D eigenvalue weighted by Crippen LogP contribution is 2.24. The minimum Gasteiger partial charge on any atom is -0.536 e. The molecule has 0 spiro atoms. The molecule has 0 bridgehead atoms. The Labute approximate surface area is 130 Å². The van der Waals surface area contributed by atoms with Crippen LogP contribution >= 0.6 is 11.3 Å². The maximum Gasteiger partial charge on any atom is 0.328 e. The lowest BCUT2D eigenvalue weighted by Gasteiger charge is -2.16. The highest BCUT2D eigenvalue weighted by atomic mass is 32.1. The summed E-state index contributed by atoms with van der Waals surface area (Å²) in [6, 6.07) is 15.4. The second kappa shape index (κ2) is 6.84. The van der Waals surface area contributed by atoms with Crippen LogP contribution in [-0.2, 0) is 0 Å². The first-order valence-corrected chi connectivity index (χ1v) is 9.44. The Bertz CT molecular complexity index is 697. The number of pyridine rings is 1. The van der Waals surface area contributed by atoms with Crippen molar-refractivity contribution in [2.24, 2.45) is 0 Å². The van der Waals surface area contributed by atoms with Crippen LogP contribution in [0, 0.1) is 0 Å². The van der Waals surface area contributed by atoms with Gasteiger partial charge in [-0.1, -0.05) is 18.2 Å².